The SMILES string of the molecule is C[C@H]1CCN(C(=O)N2CCC(C[C@@H]3CCN(C(=O)N4CCCC4)C[C@@H]3c3ncc4cnc5[nH]ccc5n34)C2)C[C@H]1c1ncc2cnc3[nH]ccc3n12. The predicted octanol–water partition coefficient (Wildman–Crippen LogP) is 5.31. The van der Waals surface area contributed by atoms with Crippen molar-refractivity contribution >= 4 is 45.4 Å². The van der Waals surface area contributed by atoms with E-state index in [4.69, 9.17) is 9.97 Å². The fraction of sp³-hybridized carbons (Fsp3) is 0.526. The molecule has 0 saturated carbocycles. The first-order valence-corrected chi connectivity index (χ1v) is 19.2. The number of aromatic amines is 2. The highest BCUT2D eigenvalue weighted by Crippen LogP contribution is 2.40. The van der Waals surface area contributed by atoms with Crippen molar-refractivity contribution < 1.29 is 9.59 Å². The molecule has 4 aliphatic rings. The molecule has 270 valence electrons. The van der Waals surface area contributed by atoms with Crippen molar-refractivity contribution in [2.24, 2.45) is 17.8 Å². The number of urea groups is 2. The molecular formula is C38H46N12O2. The number of hydrogen-bond donors (Lipinski definition) is 2. The molecule has 5 atom stereocenters. The Morgan fingerprint density at radius 2 is 1.19 bits per heavy atom. The molecule has 6 aromatic heterocycles. The van der Waals surface area contributed by atoms with Crippen LogP contribution in [0.25, 0.3) is 33.4 Å². The number of piperidine rings is 2. The van der Waals surface area contributed by atoms with Gasteiger partial charge >= 0.3 is 12.1 Å². The van der Waals surface area contributed by atoms with E-state index in [2.05, 4.69) is 56.4 Å². The second-order valence-corrected chi connectivity index (χ2v) is 15.7. The standard InChI is InChI=1S/C38H46N12O2/c1-24-6-13-47(22-29(24)35-43-19-27-17-41-33-31(49(27)35)4-9-39-33)38(52)46-14-7-25(21-46)16-26-8-15-48(37(51)45-11-2-3-12-45)23-30(26)36-44-20-28-18-42-34-32(50(28)36)5-10-40-34/h4-5,9-10,17-20,24-26,29-30,39-40H,2-3,6-8,11-16,21-23H2,1H3/t24-,25?,26-,29+,30-/m0/s1. The Bertz CT molecular complexity index is 2280. The number of H-pyrrole nitrogens is 2. The van der Waals surface area contributed by atoms with E-state index in [1.807, 2.05) is 48.1 Å². The van der Waals surface area contributed by atoms with Crippen LogP contribution >= 0.6 is 0 Å². The minimum Gasteiger partial charge on any atom is -0.345 e. The summed E-state index contributed by atoms with van der Waals surface area (Å²) in [4.78, 5) is 61.6. The maximum absolute atomic E-state index is 14.2. The summed E-state index contributed by atoms with van der Waals surface area (Å²) < 4.78 is 4.44. The zero-order chi connectivity index (χ0) is 34.9. The van der Waals surface area contributed by atoms with Gasteiger partial charge in [-0.25, -0.2) is 29.5 Å². The molecular weight excluding hydrogens is 656 g/mol. The van der Waals surface area contributed by atoms with Gasteiger partial charge in [0.2, 0.25) is 0 Å². The van der Waals surface area contributed by atoms with Gasteiger partial charge in [0.05, 0.1) is 46.9 Å². The molecule has 4 fully saturated rings. The number of amides is 4. The van der Waals surface area contributed by atoms with E-state index in [9.17, 15) is 9.59 Å². The van der Waals surface area contributed by atoms with Crippen molar-refractivity contribution in [1.29, 1.82) is 0 Å². The first kappa shape index (κ1) is 31.6. The molecule has 0 aromatic carbocycles. The average molecular weight is 703 g/mol. The molecule has 14 nitrogen and oxygen atoms in total. The van der Waals surface area contributed by atoms with Crippen molar-refractivity contribution in [2.45, 2.75) is 57.3 Å². The summed E-state index contributed by atoms with van der Waals surface area (Å²) in [7, 11) is 0. The third-order valence-electron chi connectivity index (χ3n) is 12.7. The highest BCUT2D eigenvalue weighted by atomic mass is 16.2. The Hall–Kier alpha value is -5.14. The largest absolute Gasteiger partial charge is 0.345 e. The van der Waals surface area contributed by atoms with E-state index in [1.165, 1.54) is 0 Å². The van der Waals surface area contributed by atoms with Crippen molar-refractivity contribution in [3.8, 4) is 0 Å². The lowest BCUT2D eigenvalue weighted by Gasteiger charge is -2.40. The number of nitrogens with zero attached hydrogens (tertiary/aromatic N) is 10. The van der Waals surface area contributed by atoms with Crippen molar-refractivity contribution in [2.75, 3.05) is 52.4 Å². The van der Waals surface area contributed by atoms with Gasteiger partial charge in [-0.1, -0.05) is 6.92 Å². The number of hydrogen-bond acceptors (Lipinski definition) is 6. The van der Waals surface area contributed by atoms with E-state index >= 15 is 0 Å². The maximum Gasteiger partial charge on any atom is 0.320 e. The molecule has 0 aliphatic carbocycles. The van der Waals surface area contributed by atoms with Gasteiger partial charge in [0, 0.05) is 76.6 Å². The van der Waals surface area contributed by atoms with Crippen LogP contribution in [-0.4, -0.2) is 123 Å². The van der Waals surface area contributed by atoms with Crippen LogP contribution in [0.3, 0.4) is 0 Å². The van der Waals surface area contributed by atoms with Crippen LogP contribution in [0.5, 0.6) is 0 Å². The molecule has 10 rings (SSSR count). The second kappa shape index (κ2) is 12.5. The Morgan fingerprint density at radius 1 is 0.654 bits per heavy atom. The normalized spacial score (nSPS) is 25.8. The van der Waals surface area contributed by atoms with Crippen LogP contribution < -0.4 is 0 Å². The van der Waals surface area contributed by atoms with Gasteiger partial charge < -0.3 is 29.6 Å². The lowest BCUT2D eigenvalue weighted by atomic mass is 9.78. The first-order chi connectivity index (χ1) is 25.5. The molecule has 0 spiro atoms. The minimum atomic E-state index is 0.0865. The first-order valence-electron chi connectivity index (χ1n) is 19.2. The van der Waals surface area contributed by atoms with Crippen molar-refractivity contribution in [1.82, 2.24) is 58.3 Å². The molecule has 4 aliphatic heterocycles. The number of fused-ring (bicyclic) bond motifs is 6. The molecule has 10 heterocycles. The molecule has 6 aromatic rings. The Labute approximate surface area is 301 Å². The summed E-state index contributed by atoms with van der Waals surface area (Å²) in [5.41, 5.74) is 5.64. The van der Waals surface area contributed by atoms with Crippen LogP contribution in [0.4, 0.5) is 9.59 Å². The van der Waals surface area contributed by atoms with Crippen LogP contribution in [0.15, 0.2) is 49.3 Å². The number of aromatic nitrogens is 8. The Morgan fingerprint density at radius 3 is 1.87 bits per heavy atom. The van der Waals surface area contributed by atoms with Crippen molar-refractivity contribution in [3.63, 3.8) is 0 Å². The number of carbonyl (C=O) groups is 2. The number of rotatable bonds is 4. The number of likely N-dealkylation sites (tertiary alicyclic amines) is 4. The fourth-order valence-corrected chi connectivity index (χ4v) is 9.79. The van der Waals surface area contributed by atoms with Crippen LogP contribution in [0.2, 0.25) is 0 Å². The van der Waals surface area contributed by atoms with Gasteiger partial charge in [0.15, 0.2) is 11.3 Å². The quantitative estimate of drug-likeness (QED) is 0.255. The monoisotopic (exact) mass is 702 g/mol. The van der Waals surface area contributed by atoms with E-state index in [0.717, 1.165) is 123 Å². The highest BCUT2D eigenvalue weighted by Gasteiger charge is 2.41. The fourth-order valence-electron chi connectivity index (χ4n) is 9.79. The molecule has 52 heavy (non-hydrogen) atoms. The summed E-state index contributed by atoms with van der Waals surface area (Å²) in [6.45, 7) is 8.38. The third-order valence-corrected chi connectivity index (χ3v) is 12.7. The topological polar surface area (TPSA) is 139 Å². The zero-order valence-electron chi connectivity index (χ0n) is 29.7. The van der Waals surface area contributed by atoms with E-state index in [0.29, 0.717) is 30.8 Å². The summed E-state index contributed by atoms with van der Waals surface area (Å²) in [6.07, 6.45) is 17.4. The van der Waals surface area contributed by atoms with Gasteiger partial charge in [-0.05, 0) is 68.4 Å². The van der Waals surface area contributed by atoms with Gasteiger partial charge in [-0.3, -0.25) is 8.80 Å². The van der Waals surface area contributed by atoms with E-state index < -0.39 is 0 Å². The lowest BCUT2D eigenvalue weighted by molar-refractivity contribution is 0.118. The van der Waals surface area contributed by atoms with Crippen LogP contribution in [0, 0.1) is 17.8 Å². The smallest absolute Gasteiger partial charge is 0.320 e. The third kappa shape index (κ3) is 5.20. The molecule has 2 N–H and O–H groups in total. The minimum absolute atomic E-state index is 0.0865. The van der Waals surface area contributed by atoms with Gasteiger partial charge in [0.1, 0.15) is 11.6 Å². The summed E-state index contributed by atoms with van der Waals surface area (Å²) in [6, 6.07) is 4.43. The molecule has 1 unspecified atom stereocenters. The second-order valence-electron chi connectivity index (χ2n) is 15.7. The molecule has 4 amide bonds. The molecule has 4 saturated heterocycles. The Kier molecular flexibility index (Phi) is 7.60. The zero-order valence-corrected chi connectivity index (χ0v) is 29.7. The molecule has 14 heteroatoms. The lowest BCUT2D eigenvalue weighted by Crippen LogP contribution is -2.49. The van der Waals surface area contributed by atoms with Crippen molar-refractivity contribution in [3.05, 3.63) is 61.0 Å². The van der Waals surface area contributed by atoms with Crippen LogP contribution in [-0.2, 0) is 0 Å². The van der Waals surface area contributed by atoms with Gasteiger partial charge in [0.25, 0.3) is 0 Å². The van der Waals surface area contributed by atoms with E-state index in [-0.39, 0.29) is 23.9 Å². The summed E-state index contributed by atoms with van der Waals surface area (Å²) in [5, 5.41) is 0. The molecule has 0 radical (unpaired) electrons. The summed E-state index contributed by atoms with van der Waals surface area (Å²) >= 11 is 0. The highest BCUT2D eigenvalue weighted by molar-refractivity contribution is 5.77. The molecule has 0 bridgehead atoms. The van der Waals surface area contributed by atoms with Gasteiger partial charge in [-0.15, -0.1) is 0 Å². The maximum atomic E-state index is 14.2. The summed E-state index contributed by atoms with van der Waals surface area (Å²) in [5.74, 6) is 3.40. The number of nitrogens with one attached hydrogen (secondary N) is 2. The van der Waals surface area contributed by atoms with Crippen LogP contribution in [0.1, 0.15) is 68.9 Å². The van der Waals surface area contributed by atoms with Gasteiger partial charge in [-0.2, -0.15) is 0 Å². The number of carbonyl (C=O) groups excluding carboxylic acids is 2. The average Bonchev–Trinajstić information content (AvgIpc) is 4.01. The van der Waals surface area contributed by atoms with E-state index in [1.54, 1.807) is 0 Å². The number of imidazole rings is 2. The Balaban J connectivity index is 0.867. The predicted molar refractivity (Wildman–Crippen MR) is 196 cm³/mol.